The van der Waals surface area contributed by atoms with Gasteiger partial charge in [-0.2, -0.15) is 0 Å². The van der Waals surface area contributed by atoms with Crippen LogP contribution in [0, 0.1) is 11.6 Å². The zero-order valence-electron chi connectivity index (χ0n) is 17.4. The molecule has 0 radical (unpaired) electrons. The summed E-state index contributed by atoms with van der Waals surface area (Å²) in [4.78, 5) is 2.86. The lowest BCUT2D eigenvalue weighted by Gasteiger charge is -2.30. The molecule has 5 nitrogen and oxygen atoms in total. The highest BCUT2D eigenvalue weighted by Gasteiger charge is 2.30. The minimum atomic E-state index is -4.10. The summed E-state index contributed by atoms with van der Waals surface area (Å²) in [6.45, 7) is 5.11. The van der Waals surface area contributed by atoms with E-state index >= 15 is 0 Å². The molecule has 31 heavy (non-hydrogen) atoms. The molecule has 168 valence electrons. The molecule has 1 atom stereocenters. The van der Waals surface area contributed by atoms with Gasteiger partial charge in [0.1, 0.15) is 17.4 Å². The van der Waals surface area contributed by atoms with Gasteiger partial charge in [-0.1, -0.05) is 0 Å². The second-order valence-electron chi connectivity index (χ2n) is 7.89. The highest BCUT2D eigenvalue weighted by molar-refractivity contribution is 8.00. The van der Waals surface area contributed by atoms with Crippen LogP contribution in [0.15, 0.2) is 46.2 Å². The highest BCUT2D eigenvalue weighted by Crippen LogP contribution is 2.40. The van der Waals surface area contributed by atoms with E-state index in [0.717, 1.165) is 36.5 Å². The first kappa shape index (κ1) is 22.4. The van der Waals surface area contributed by atoms with Crippen molar-refractivity contribution in [2.45, 2.75) is 42.0 Å². The average Bonchev–Trinajstić information content (AvgIpc) is 3.14. The fraction of sp³-hybridized carbons (Fsp3) is 0.455. The van der Waals surface area contributed by atoms with Gasteiger partial charge < -0.3 is 9.64 Å². The summed E-state index contributed by atoms with van der Waals surface area (Å²) in [5.74, 6) is -0.705. The first-order valence-electron chi connectivity index (χ1n) is 10.5. The second kappa shape index (κ2) is 9.34. The number of nitrogens with zero attached hydrogens (tertiary/aromatic N) is 2. The van der Waals surface area contributed by atoms with Gasteiger partial charge in [0.15, 0.2) is 0 Å². The van der Waals surface area contributed by atoms with Gasteiger partial charge >= 0.3 is 0 Å². The van der Waals surface area contributed by atoms with Crippen LogP contribution in [0.5, 0.6) is 5.75 Å². The Morgan fingerprint density at radius 3 is 2.61 bits per heavy atom. The van der Waals surface area contributed by atoms with Crippen LogP contribution in [0.1, 0.15) is 26.2 Å². The summed E-state index contributed by atoms with van der Waals surface area (Å²) in [6, 6.07) is 8.35. The van der Waals surface area contributed by atoms with Crippen molar-refractivity contribution in [2.24, 2.45) is 0 Å². The maximum absolute atomic E-state index is 13.6. The van der Waals surface area contributed by atoms with E-state index in [1.807, 2.05) is 12.1 Å². The molecule has 1 fully saturated rings. The van der Waals surface area contributed by atoms with Crippen LogP contribution in [0.25, 0.3) is 0 Å². The van der Waals surface area contributed by atoms with E-state index in [1.54, 1.807) is 17.8 Å². The Morgan fingerprint density at radius 1 is 1.13 bits per heavy atom. The van der Waals surface area contributed by atoms with E-state index in [0.29, 0.717) is 35.9 Å². The molecule has 1 saturated heterocycles. The van der Waals surface area contributed by atoms with Crippen LogP contribution in [-0.4, -0.2) is 51.4 Å². The van der Waals surface area contributed by atoms with E-state index in [9.17, 15) is 17.2 Å². The van der Waals surface area contributed by atoms with Crippen LogP contribution in [0.2, 0.25) is 0 Å². The number of hydrogen-bond donors (Lipinski definition) is 0. The predicted octanol–water partition coefficient (Wildman–Crippen LogP) is 4.52. The summed E-state index contributed by atoms with van der Waals surface area (Å²) < 4.78 is 60.7. The molecule has 0 amide bonds. The molecule has 2 heterocycles. The Kier molecular flexibility index (Phi) is 6.74. The Balaban J connectivity index is 1.49. The molecule has 2 aromatic carbocycles. The van der Waals surface area contributed by atoms with E-state index in [4.69, 9.17) is 4.74 Å². The molecule has 2 aliphatic rings. The van der Waals surface area contributed by atoms with Crippen molar-refractivity contribution in [1.82, 2.24) is 4.90 Å². The highest BCUT2D eigenvalue weighted by atomic mass is 32.2. The van der Waals surface area contributed by atoms with Crippen LogP contribution in [0.4, 0.5) is 14.5 Å². The lowest BCUT2D eigenvalue weighted by Crippen LogP contribution is -2.35. The fourth-order valence-electron chi connectivity index (χ4n) is 4.10. The molecule has 0 bridgehead atoms. The number of hydrogen-bond acceptors (Lipinski definition) is 5. The molecule has 4 rings (SSSR count). The lowest BCUT2D eigenvalue weighted by atomic mass is 10.2. The van der Waals surface area contributed by atoms with E-state index in [2.05, 4.69) is 11.8 Å². The summed E-state index contributed by atoms with van der Waals surface area (Å²) in [7, 11) is -4.10. The number of sulfonamides is 1. The van der Waals surface area contributed by atoms with Gasteiger partial charge in [0.2, 0.25) is 0 Å². The maximum Gasteiger partial charge on any atom is 0.264 e. The van der Waals surface area contributed by atoms with Crippen molar-refractivity contribution in [3.63, 3.8) is 0 Å². The molecular formula is C22H26F2N2O3S2. The lowest BCUT2D eigenvalue weighted by molar-refractivity contribution is 0.230. The van der Waals surface area contributed by atoms with Crippen molar-refractivity contribution < 1.29 is 21.9 Å². The monoisotopic (exact) mass is 468 g/mol. The fourth-order valence-corrected chi connectivity index (χ4v) is 6.77. The average molecular weight is 469 g/mol. The third-order valence-corrected chi connectivity index (χ3v) is 8.56. The standard InChI is InChI=1S/C22H26F2N2O3S2/c1-16-4-2-7-25(16)8-3-10-29-19-5-6-22-21(15-19)26(9-11-30-22)31(27,28)20-13-17(23)12-18(24)14-20/h5-6,12-16H,2-4,7-11H2,1H3. The third-order valence-electron chi connectivity index (χ3n) is 5.72. The molecule has 0 aromatic heterocycles. The van der Waals surface area contributed by atoms with E-state index < -0.39 is 26.6 Å². The summed E-state index contributed by atoms with van der Waals surface area (Å²) in [6.07, 6.45) is 3.37. The molecule has 0 aliphatic carbocycles. The van der Waals surface area contributed by atoms with Crippen molar-refractivity contribution in [3.05, 3.63) is 48.0 Å². The molecule has 1 unspecified atom stereocenters. The van der Waals surface area contributed by atoms with Crippen LogP contribution < -0.4 is 9.04 Å². The number of ether oxygens (including phenoxy) is 1. The van der Waals surface area contributed by atoms with Crippen molar-refractivity contribution in [1.29, 1.82) is 0 Å². The molecule has 0 saturated carbocycles. The number of benzene rings is 2. The Morgan fingerprint density at radius 2 is 1.90 bits per heavy atom. The zero-order valence-corrected chi connectivity index (χ0v) is 19.0. The summed E-state index contributed by atoms with van der Waals surface area (Å²) >= 11 is 1.55. The quantitative estimate of drug-likeness (QED) is 0.560. The number of halogens is 2. The molecular weight excluding hydrogens is 442 g/mol. The molecule has 9 heteroatoms. The number of thioether (sulfide) groups is 1. The predicted molar refractivity (Wildman–Crippen MR) is 118 cm³/mol. The van der Waals surface area contributed by atoms with E-state index in [1.165, 1.54) is 17.1 Å². The van der Waals surface area contributed by atoms with Crippen LogP contribution >= 0.6 is 11.8 Å². The molecule has 2 aromatic rings. The molecule has 0 spiro atoms. The van der Waals surface area contributed by atoms with Crippen LogP contribution in [0.3, 0.4) is 0 Å². The minimum absolute atomic E-state index is 0.217. The summed E-state index contributed by atoms with van der Waals surface area (Å²) in [5, 5.41) is 0. The molecule has 2 aliphatic heterocycles. The van der Waals surface area contributed by atoms with E-state index in [-0.39, 0.29) is 6.54 Å². The Bertz CT molecular complexity index is 1030. The Hall–Kier alpha value is -1.84. The van der Waals surface area contributed by atoms with Gasteiger partial charge in [0.25, 0.3) is 10.0 Å². The number of anilines is 1. The van der Waals surface area contributed by atoms with Gasteiger partial charge in [0, 0.05) is 41.9 Å². The largest absolute Gasteiger partial charge is 0.493 e. The summed E-state index contributed by atoms with van der Waals surface area (Å²) in [5.41, 5.74) is 0.478. The second-order valence-corrected chi connectivity index (χ2v) is 10.9. The van der Waals surface area contributed by atoms with Gasteiger partial charge in [-0.05, 0) is 57.0 Å². The number of fused-ring (bicyclic) bond motifs is 1. The van der Waals surface area contributed by atoms with Crippen LogP contribution in [-0.2, 0) is 10.0 Å². The normalized spacial score (nSPS) is 19.5. The van der Waals surface area contributed by atoms with Crippen molar-refractivity contribution >= 4 is 27.5 Å². The van der Waals surface area contributed by atoms with Gasteiger partial charge in [0.05, 0.1) is 17.2 Å². The SMILES string of the molecule is CC1CCCN1CCCOc1ccc2c(c1)N(S(=O)(=O)c1cc(F)cc(F)c1)CCS2. The minimum Gasteiger partial charge on any atom is -0.493 e. The third kappa shape index (κ3) is 4.99. The van der Waals surface area contributed by atoms with Gasteiger partial charge in [-0.3, -0.25) is 4.31 Å². The zero-order chi connectivity index (χ0) is 22.0. The first-order chi connectivity index (χ1) is 14.8. The van der Waals surface area contributed by atoms with Crippen molar-refractivity contribution in [3.8, 4) is 5.75 Å². The first-order valence-corrected chi connectivity index (χ1v) is 12.9. The van der Waals surface area contributed by atoms with Gasteiger partial charge in [-0.25, -0.2) is 17.2 Å². The maximum atomic E-state index is 13.6. The smallest absolute Gasteiger partial charge is 0.264 e. The topological polar surface area (TPSA) is 49.9 Å². The van der Waals surface area contributed by atoms with Gasteiger partial charge in [-0.15, -0.1) is 11.8 Å². The number of rotatable bonds is 7. The number of likely N-dealkylation sites (tertiary alicyclic amines) is 1. The Labute approximate surface area is 186 Å². The van der Waals surface area contributed by atoms with Crippen molar-refractivity contribution in [2.75, 3.05) is 36.3 Å². The molecule has 0 N–H and O–H groups in total.